The van der Waals surface area contributed by atoms with E-state index in [4.69, 9.17) is 15.2 Å². The number of nitrogens with one attached hydrogen (secondary N) is 1. The minimum Gasteiger partial charge on any atom is -0.482 e. The van der Waals surface area contributed by atoms with Crippen LogP contribution in [0.25, 0.3) is 0 Å². The number of hydrogen-bond acceptors (Lipinski definition) is 8. The Morgan fingerprint density at radius 1 is 1.00 bits per heavy atom. The number of anilines is 3. The minimum atomic E-state index is -0.535. The van der Waals surface area contributed by atoms with Crippen LogP contribution in [0.3, 0.4) is 0 Å². The number of carbonyl (C=O) groups excluding carboxylic acids is 1. The number of aromatic nitrogens is 3. The summed E-state index contributed by atoms with van der Waals surface area (Å²) in [5.41, 5.74) is 8.94. The van der Waals surface area contributed by atoms with Crippen LogP contribution in [-0.2, 0) is 21.6 Å². The zero-order valence-corrected chi connectivity index (χ0v) is 18.2. The molecule has 31 heavy (non-hydrogen) atoms. The molecule has 0 saturated heterocycles. The number of benzene rings is 2. The lowest BCUT2D eigenvalue weighted by atomic mass is 9.87. The van der Waals surface area contributed by atoms with E-state index in [1.807, 2.05) is 55.5 Å². The van der Waals surface area contributed by atoms with E-state index in [0.29, 0.717) is 5.75 Å². The molecule has 1 aromatic heterocycles. The summed E-state index contributed by atoms with van der Waals surface area (Å²) in [5, 5.41) is 3.05. The third kappa shape index (κ3) is 6.67. The van der Waals surface area contributed by atoms with Gasteiger partial charge in [-0.05, 0) is 42.2 Å². The van der Waals surface area contributed by atoms with E-state index in [9.17, 15) is 4.79 Å². The Morgan fingerprint density at radius 3 is 2.32 bits per heavy atom. The van der Waals surface area contributed by atoms with Crippen LogP contribution >= 0.6 is 0 Å². The van der Waals surface area contributed by atoms with Crippen molar-refractivity contribution in [2.24, 2.45) is 0 Å². The maximum absolute atomic E-state index is 12.0. The molecule has 0 bridgehead atoms. The Bertz CT molecular complexity index is 1030. The van der Waals surface area contributed by atoms with Crippen LogP contribution in [0.1, 0.15) is 37.7 Å². The second-order valence-electron chi connectivity index (χ2n) is 8.15. The lowest BCUT2D eigenvalue weighted by Crippen LogP contribution is -2.16. The molecule has 162 valence electrons. The van der Waals surface area contributed by atoms with E-state index in [-0.39, 0.29) is 36.3 Å². The van der Waals surface area contributed by atoms with Crippen LogP contribution in [0, 0.1) is 6.92 Å². The van der Waals surface area contributed by atoms with Gasteiger partial charge in [-0.1, -0.05) is 50.6 Å². The number of rotatable bonds is 7. The van der Waals surface area contributed by atoms with Crippen LogP contribution in [0.4, 0.5) is 17.6 Å². The summed E-state index contributed by atoms with van der Waals surface area (Å²) in [5.74, 6) is 0.610. The zero-order valence-electron chi connectivity index (χ0n) is 18.2. The SMILES string of the molecule is Cc1ccc(Nc2nc(N)nc(COC(=O)COc3ccc(C(C)(C)C)cc3)n2)cc1. The molecule has 0 aliphatic carbocycles. The highest BCUT2D eigenvalue weighted by molar-refractivity contribution is 5.71. The van der Waals surface area contributed by atoms with Crippen molar-refractivity contribution in [3.63, 3.8) is 0 Å². The molecule has 0 fully saturated rings. The number of esters is 1. The summed E-state index contributed by atoms with van der Waals surface area (Å²) in [6, 6.07) is 15.4. The standard InChI is InChI=1S/C23H27N5O3/c1-15-5-9-17(10-6-15)25-22-27-19(26-21(24)28-22)13-31-20(29)14-30-18-11-7-16(8-12-18)23(2,3)4/h5-12H,13-14H2,1-4H3,(H3,24,25,26,27,28). The van der Waals surface area contributed by atoms with E-state index >= 15 is 0 Å². The Morgan fingerprint density at radius 2 is 1.68 bits per heavy atom. The van der Waals surface area contributed by atoms with Crippen molar-refractivity contribution in [2.75, 3.05) is 17.7 Å². The molecule has 3 N–H and O–H groups in total. The van der Waals surface area contributed by atoms with Crippen molar-refractivity contribution in [1.29, 1.82) is 0 Å². The summed E-state index contributed by atoms with van der Waals surface area (Å²) >= 11 is 0. The Labute approximate surface area is 181 Å². The van der Waals surface area contributed by atoms with Crippen LogP contribution in [0.2, 0.25) is 0 Å². The first-order valence-electron chi connectivity index (χ1n) is 9.92. The van der Waals surface area contributed by atoms with Gasteiger partial charge in [0, 0.05) is 5.69 Å². The van der Waals surface area contributed by atoms with Gasteiger partial charge < -0.3 is 20.5 Å². The maximum Gasteiger partial charge on any atom is 0.344 e. The highest BCUT2D eigenvalue weighted by Gasteiger charge is 2.14. The Balaban J connectivity index is 1.52. The van der Waals surface area contributed by atoms with Gasteiger partial charge in [-0.2, -0.15) is 15.0 Å². The number of nitrogen functional groups attached to an aromatic ring is 1. The number of nitrogens with zero attached hydrogens (tertiary/aromatic N) is 3. The van der Waals surface area contributed by atoms with Gasteiger partial charge in [0.15, 0.2) is 19.0 Å². The quantitative estimate of drug-likeness (QED) is 0.552. The molecule has 0 aliphatic rings. The van der Waals surface area contributed by atoms with Crippen LogP contribution in [0.15, 0.2) is 48.5 Å². The van der Waals surface area contributed by atoms with Gasteiger partial charge in [0.2, 0.25) is 11.9 Å². The minimum absolute atomic E-state index is 0.0332. The summed E-state index contributed by atoms with van der Waals surface area (Å²) < 4.78 is 10.7. The summed E-state index contributed by atoms with van der Waals surface area (Å²) in [4.78, 5) is 24.4. The van der Waals surface area contributed by atoms with E-state index in [1.165, 1.54) is 5.56 Å². The Hall–Kier alpha value is -3.68. The van der Waals surface area contributed by atoms with Crippen molar-refractivity contribution >= 4 is 23.6 Å². The van der Waals surface area contributed by atoms with E-state index in [0.717, 1.165) is 11.3 Å². The maximum atomic E-state index is 12.0. The molecule has 0 radical (unpaired) electrons. The number of nitrogens with two attached hydrogens (primary N) is 1. The van der Waals surface area contributed by atoms with Crippen molar-refractivity contribution in [2.45, 2.75) is 39.7 Å². The van der Waals surface area contributed by atoms with Gasteiger partial charge in [-0.25, -0.2) is 4.79 Å². The highest BCUT2D eigenvalue weighted by Crippen LogP contribution is 2.24. The van der Waals surface area contributed by atoms with Crippen molar-refractivity contribution in [1.82, 2.24) is 15.0 Å². The fraction of sp³-hybridized carbons (Fsp3) is 0.304. The fourth-order valence-corrected chi connectivity index (χ4v) is 2.70. The van der Waals surface area contributed by atoms with Gasteiger partial charge in [0.1, 0.15) is 5.75 Å². The van der Waals surface area contributed by atoms with E-state index in [1.54, 1.807) is 0 Å². The van der Waals surface area contributed by atoms with Gasteiger partial charge in [-0.3, -0.25) is 0 Å². The van der Waals surface area contributed by atoms with Crippen molar-refractivity contribution in [3.05, 3.63) is 65.5 Å². The molecular weight excluding hydrogens is 394 g/mol. The molecular formula is C23H27N5O3. The largest absolute Gasteiger partial charge is 0.482 e. The van der Waals surface area contributed by atoms with Crippen LogP contribution in [-0.4, -0.2) is 27.5 Å². The highest BCUT2D eigenvalue weighted by atomic mass is 16.6. The summed E-state index contributed by atoms with van der Waals surface area (Å²) in [6.45, 7) is 8.05. The number of carbonyl (C=O) groups is 1. The molecule has 0 spiro atoms. The number of aryl methyl sites for hydroxylation is 1. The number of ether oxygens (including phenoxy) is 2. The first-order valence-corrected chi connectivity index (χ1v) is 9.92. The molecule has 8 heteroatoms. The monoisotopic (exact) mass is 421 g/mol. The molecule has 0 aliphatic heterocycles. The molecule has 0 atom stereocenters. The molecule has 8 nitrogen and oxygen atoms in total. The molecule has 0 unspecified atom stereocenters. The lowest BCUT2D eigenvalue weighted by Gasteiger charge is -2.19. The van der Waals surface area contributed by atoms with Gasteiger partial charge in [0.25, 0.3) is 0 Å². The topological polar surface area (TPSA) is 112 Å². The van der Waals surface area contributed by atoms with Crippen molar-refractivity contribution in [3.8, 4) is 5.75 Å². The lowest BCUT2D eigenvalue weighted by molar-refractivity contribution is -0.147. The fourth-order valence-electron chi connectivity index (χ4n) is 2.70. The van der Waals surface area contributed by atoms with Crippen molar-refractivity contribution < 1.29 is 14.3 Å². The average Bonchev–Trinajstić information content (AvgIpc) is 2.72. The van der Waals surface area contributed by atoms with E-state index < -0.39 is 5.97 Å². The Kier molecular flexibility index (Phi) is 6.69. The van der Waals surface area contributed by atoms with Gasteiger partial charge in [-0.15, -0.1) is 0 Å². The second-order valence-corrected chi connectivity index (χ2v) is 8.15. The van der Waals surface area contributed by atoms with E-state index in [2.05, 4.69) is 41.0 Å². The molecule has 3 rings (SSSR count). The molecule has 3 aromatic rings. The zero-order chi connectivity index (χ0) is 22.4. The molecule has 0 saturated carbocycles. The van der Waals surface area contributed by atoms with Crippen LogP contribution in [0.5, 0.6) is 5.75 Å². The predicted octanol–water partition coefficient (Wildman–Crippen LogP) is 3.93. The molecule has 1 heterocycles. The third-order valence-corrected chi connectivity index (χ3v) is 4.45. The third-order valence-electron chi connectivity index (χ3n) is 4.45. The molecule has 0 amide bonds. The van der Waals surface area contributed by atoms with Gasteiger partial charge >= 0.3 is 5.97 Å². The van der Waals surface area contributed by atoms with Crippen LogP contribution < -0.4 is 15.8 Å². The predicted molar refractivity (Wildman–Crippen MR) is 119 cm³/mol. The first kappa shape index (κ1) is 22.0. The summed E-state index contributed by atoms with van der Waals surface area (Å²) in [7, 11) is 0. The first-order chi connectivity index (χ1) is 14.7. The smallest absolute Gasteiger partial charge is 0.344 e. The number of hydrogen-bond donors (Lipinski definition) is 2. The van der Waals surface area contributed by atoms with Gasteiger partial charge in [0.05, 0.1) is 0 Å². The average molecular weight is 422 g/mol. The second kappa shape index (κ2) is 9.42. The molecule has 2 aromatic carbocycles. The summed E-state index contributed by atoms with van der Waals surface area (Å²) in [6.07, 6.45) is 0. The normalized spacial score (nSPS) is 11.1.